The summed E-state index contributed by atoms with van der Waals surface area (Å²) < 4.78 is 51.5. The van der Waals surface area contributed by atoms with Gasteiger partial charge in [0.05, 0.1) is 41.4 Å². The van der Waals surface area contributed by atoms with Gasteiger partial charge in [0, 0.05) is 24.7 Å². The van der Waals surface area contributed by atoms with E-state index < -0.39 is 15.7 Å². The fourth-order valence-corrected chi connectivity index (χ4v) is 5.17. The number of hydrogen-bond donors (Lipinski definition) is 0. The van der Waals surface area contributed by atoms with E-state index in [4.69, 9.17) is 21.1 Å². The van der Waals surface area contributed by atoms with Crippen LogP contribution >= 0.6 is 11.6 Å². The standard InChI is InChI=1S/C20H18ClFN2O4S/c1-27-18-5-3-14(11-16(18)21)29(25,26)19-12-23-17-4-2-13(22)10-15(17)20(19)24-6-8-28-9-7-24/h2-5,10-12H,6-9H2,1H3. The minimum Gasteiger partial charge on any atom is -0.495 e. The molecule has 1 aromatic heterocycles. The number of halogens is 2. The third-order valence-corrected chi connectivity index (χ3v) is 6.87. The van der Waals surface area contributed by atoms with Crippen LogP contribution in [-0.4, -0.2) is 46.8 Å². The summed E-state index contributed by atoms with van der Waals surface area (Å²) in [5, 5.41) is 0.619. The monoisotopic (exact) mass is 436 g/mol. The summed E-state index contributed by atoms with van der Waals surface area (Å²) in [6.45, 7) is 1.88. The zero-order valence-corrected chi connectivity index (χ0v) is 17.1. The van der Waals surface area contributed by atoms with Crippen LogP contribution in [0.2, 0.25) is 5.02 Å². The predicted octanol–water partition coefficient (Wildman–Crippen LogP) is 3.71. The molecule has 0 unspecified atom stereocenters. The number of aromatic nitrogens is 1. The Morgan fingerprint density at radius 1 is 1.17 bits per heavy atom. The maximum absolute atomic E-state index is 14.0. The lowest BCUT2D eigenvalue weighted by Gasteiger charge is -2.31. The van der Waals surface area contributed by atoms with Crippen LogP contribution in [0.4, 0.5) is 10.1 Å². The lowest BCUT2D eigenvalue weighted by molar-refractivity contribution is 0.122. The minimum atomic E-state index is -3.98. The van der Waals surface area contributed by atoms with Crippen molar-refractivity contribution in [2.75, 3.05) is 38.3 Å². The number of sulfone groups is 1. The second-order valence-corrected chi connectivity index (χ2v) is 8.86. The largest absolute Gasteiger partial charge is 0.495 e. The molecule has 0 radical (unpaired) electrons. The molecule has 3 aromatic rings. The van der Waals surface area contributed by atoms with Gasteiger partial charge in [0.15, 0.2) is 0 Å². The van der Waals surface area contributed by atoms with E-state index in [0.717, 1.165) is 0 Å². The van der Waals surface area contributed by atoms with E-state index in [1.54, 1.807) is 0 Å². The first-order valence-corrected chi connectivity index (χ1v) is 10.8. The van der Waals surface area contributed by atoms with Crippen molar-refractivity contribution in [2.24, 2.45) is 0 Å². The number of morpholine rings is 1. The summed E-state index contributed by atoms with van der Waals surface area (Å²) in [6, 6.07) is 8.42. The summed E-state index contributed by atoms with van der Waals surface area (Å²) in [5.41, 5.74) is 0.935. The zero-order valence-electron chi connectivity index (χ0n) is 15.6. The number of anilines is 1. The summed E-state index contributed by atoms with van der Waals surface area (Å²) in [5.74, 6) is -0.0893. The van der Waals surface area contributed by atoms with Gasteiger partial charge in [-0.3, -0.25) is 4.98 Å². The molecular formula is C20H18ClFN2O4S. The predicted molar refractivity (Wildman–Crippen MR) is 108 cm³/mol. The molecule has 1 saturated heterocycles. The average molecular weight is 437 g/mol. The highest BCUT2D eigenvalue weighted by Gasteiger charge is 2.28. The van der Waals surface area contributed by atoms with Crippen LogP contribution in [0.3, 0.4) is 0 Å². The van der Waals surface area contributed by atoms with Gasteiger partial charge < -0.3 is 14.4 Å². The third-order valence-electron chi connectivity index (χ3n) is 4.82. The van der Waals surface area contributed by atoms with E-state index in [-0.39, 0.29) is 14.8 Å². The van der Waals surface area contributed by atoms with Crippen molar-refractivity contribution < 1.29 is 22.3 Å². The van der Waals surface area contributed by atoms with E-state index >= 15 is 0 Å². The van der Waals surface area contributed by atoms with Gasteiger partial charge in [-0.1, -0.05) is 11.6 Å². The molecule has 0 bridgehead atoms. The molecule has 4 rings (SSSR count). The molecule has 0 N–H and O–H groups in total. The van der Waals surface area contributed by atoms with Crippen molar-refractivity contribution in [2.45, 2.75) is 9.79 Å². The number of benzene rings is 2. The molecule has 1 fully saturated rings. The van der Waals surface area contributed by atoms with Gasteiger partial charge in [0.1, 0.15) is 16.5 Å². The molecular weight excluding hydrogens is 419 g/mol. The Balaban J connectivity index is 1.95. The molecule has 6 nitrogen and oxygen atoms in total. The summed E-state index contributed by atoms with van der Waals surface area (Å²) in [6.07, 6.45) is 1.32. The van der Waals surface area contributed by atoms with E-state index in [9.17, 15) is 12.8 Å². The normalized spacial score (nSPS) is 14.9. The lowest BCUT2D eigenvalue weighted by Crippen LogP contribution is -2.37. The molecule has 1 aliphatic rings. The third kappa shape index (κ3) is 3.63. The van der Waals surface area contributed by atoms with Crippen molar-refractivity contribution in [1.29, 1.82) is 0 Å². The molecule has 1 aliphatic heterocycles. The fourth-order valence-electron chi connectivity index (χ4n) is 3.38. The molecule has 0 saturated carbocycles. The van der Waals surface area contributed by atoms with Crippen molar-refractivity contribution in [3.05, 3.63) is 53.4 Å². The van der Waals surface area contributed by atoms with Crippen LogP contribution in [-0.2, 0) is 14.6 Å². The van der Waals surface area contributed by atoms with Gasteiger partial charge in [-0.25, -0.2) is 12.8 Å². The van der Waals surface area contributed by atoms with E-state index in [2.05, 4.69) is 4.98 Å². The van der Waals surface area contributed by atoms with Crippen LogP contribution in [0.5, 0.6) is 5.75 Å². The molecule has 0 aliphatic carbocycles. The number of hydrogen-bond acceptors (Lipinski definition) is 6. The molecule has 0 atom stereocenters. The summed E-state index contributed by atoms with van der Waals surface area (Å²) >= 11 is 6.15. The molecule has 2 heterocycles. The Kier molecular flexibility index (Phi) is 5.33. The highest BCUT2D eigenvalue weighted by molar-refractivity contribution is 7.91. The average Bonchev–Trinajstić information content (AvgIpc) is 2.73. The first-order valence-electron chi connectivity index (χ1n) is 8.91. The summed E-state index contributed by atoms with van der Waals surface area (Å²) in [4.78, 5) is 6.17. The molecule has 2 aromatic carbocycles. The number of rotatable bonds is 4. The van der Waals surface area contributed by atoms with Gasteiger partial charge >= 0.3 is 0 Å². The Labute approximate surface area is 172 Å². The number of methoxy groups -OCH3 is 1. The van der Waals surface area contributed by atoms with Gasteiger partial charge in [0.2, 0.25) is 9.84 Å². The topological polar surface area (TPSA) is 68.7 Å². The zero-order chi connectivity index (χ0) is 20.6. The number of nitrogens with zero attached hydrogens (tertiary/aromatic N) is 2. The molecule has 9 heteroatoms. The number of pyridine rings is 1. The Morgan fingerprint density at radius 2 is 1.93 bits per heavy atom. The smallest absolute Gasteiger partial charge is 0.210 e. The first kappa shape index (κ1) is 19.9. The summed E-state index contributed by atoms with van der Waals surface area (Å²) in [7, 11) is -2.53. The molecule has 0 spiro atoms. The first-order chi connectivity index (χ1) is 13.9. The Bertz CT molecular complexity index is 1180. The molecule has 29 heavy (non-hydrogen) atoms. The van der Waals surface area contributed by atoms with Crippen LogP contribution in [0, 0.1) is 5.82 Å². The Hall–Kier alpha value is -2.42. The molecule has 0 amide bonds. The van der Waals surface area contributed by atoms with Gasteiger partial charge in [-0.2, -0.15) is 0 Å². The van der Waals surface area contributed by atoms with Crippen LogP contribution in [0.1, 0.15) is 0 Å². The van der Waals surface area contributed by atoms with Crippen molar-refractivity contribution in [3.8, 4) is 5.75 Å². The quantitative estimate of drug-likeness (QED) is 0.621. The van der Waals surface area contributed by atoms with Crippen LogP contribution < -0.4 is 9.64 Å². The fraction of sp³-hybridized carbons (Fsp3) is 0.250. The highest BCUT2D eigenvalue weighted by Crippen LogP contribution is 2.38. The van der Waals surface area contributed by atoms with Gasteiger partial charge in [0.25, 0.3) is 0 Å². The van der Waals surface area contributed by atoms with E-state index in [0.29, 0.717) is 48.6 Å². The Morgan fingerprint density at radius 3 is 2.62 bits per heavy atom. The number of fused-ring (bicyclic) bond motifs is 1. The number of ether oxygens (including phenoxy) is 2. The lowest BCUT2D eigenvalue weighted by atomic mass is 10.1. The van der Waals surface area contributed by atoms with E-state index in [1.807, 2.05) is 4.90 Å². The maximum atomic E-state index is 14.0. The van der Waals surface area contributed by atoms with E-state index in [1.165, 1.54) is 49.7 Å². The van der Waals surface area contributed by atoms with Crippen molar-refractivity contribution in [3.63, 3.8) is 0 Å². The minimum absolute atomic E-state index is 0.00117. The highest BCUT2D eigenvalue weighted by atomic mass is 35.5. The second kappa shape index (κ2) is 7.78. The maximum Gasteiger partial charge on any atom is 0.210 e. The van der Waals surface area contributed by atoms with Crippen LogP contribution in [0.15, 0.2) is 52.4 Å². The molecule has 152 valence electrons. The SMILES string of the molecule is COc1ccc(S(=O)(=O)c2cnc3ccc(F)cc3c2N2CCOCC2)cc1Cl. The second-order valence-electron chi connectivity index (χ2n) is 6.53. The van der Waals surface area contributed by atoms with Crippen molar-refractivity contribution >= 4 is 38.0 Å². The van der Waals surface area contributed by atoms with Crippen LogP contribution in [0.25, 0.3) is 10.9 Å². The van der Waals surface area contributed by atoms with Gasteiger partial charge in [-0.15, -0.1) is 0 Å². The van der Waals surface area contributed by atoms with Gasteiger partial charge in [-0.05, 0) is 36.4 Å². The van der Waals surface area contributed by atoms with Crippen molar-refractivity contribution in [1.82, 2.24) is 4.98 Å².